The molecule has 0 saturated carbocycles. The van der Waals surface area contributed by atoms with Crippen molar-refractivity contribution in [2.24, 2.45) is 0 Å². The lowest BCUT2D eigenvalue weighted by atomic mass is 10.1. The quantitative estimate of drug-likeness (QED) is 0.806. The lowest BCUT2D eigenvalue weighted by molar-refractivity contribution is 0.412. The summed E-state index contributed by atoms with van der Waals surface area (Å²) >= 11 is 0. The van der Waals surface area contributed by atoms with Crippen LogP contribution >= 0.6 is 0 Å². The van der Waals surface area contributed by atoms with Gasteiger partial charge in [-0.2, -0.15) is 9.78 Å². The van der Waals surface area contributed by atoms with Crippen molar-refractivity contribution in [1.82, 2.24) is 9.78 Å². The Morgan fingerprint density at radius 3 is 2.55 bits per heavy atom. The van der Waals surface area contributed by atoms with Crippen LogP contribution in [0.4, 0.5) is 0 Å². The third-order valence-electron chi connectivity index (χ3n) is 3.32. The number of phenols is 1. The van der Waals surface area contributed by atoms with E-state index in [-0.39, 0.29) is 11.3 Å². The first-order valence-electron chi connectivity index (χ1n) is 6.71. The fourth-order valence-corrected chi connectivity index (χ4v) is 2.19. The van der Waals surface area contributed by atoms with Gasteiger partial charge in [0.25, 0.3) is 5.56 Å². The summed E-state index contributed by atoms with van der Waals surface area (Å²) in [5, 5.41) is 14.1. The van der Waals surface area contributed by atoms with Crippen molar-refractivity contribution in [2.45, 2.75) is 0 Å². The summed E-state index contributed by atoms with van der Waals surface area (Å²) in [6, 6.07) is 15.4. The lowest BCUT2D eigenvalue weighted by Crippen LogP contribution is -2.19. The molecule has 0 amide bonds. The standard InChI is InChI=1S/C17H14N2O3/c1-22-14-7-8-16(20)15(10-14)12-9-17(21)19(18-11-12)13-5-3-2-4-6-13/h2-11,20H,1H3. The third-order valence-corrected chi connectivity index (χ3v) is 3.32. The number of hydrogen-bond donors (Lipinski definition) is 1. The van der Waals surface area contributed by atoms with Gasteiger partial charge in [0.05, 0.1) is 19.0 Å². The first kappa shape index (κ1) is 13.9. The molecule has 0 atom stereocenters. The van der Waals surface area contributed by atoms with E-state index in [2.05, 4.69) is 5.10 Å². The van der Waals surface area contributed by atoms with Crippen LogP contribution in [-0.4, -0.2) is 22.0 Å². The molecule has 0 unspecified atom stereocenters. The van der Waals surface area contributed by atoms with Gasteiger partial charge in [-0.1, -0.05) is 18.2 Å². The number of benzene rings is 2. The summed E-state index contributed by atoms with van der Waals surface area (Å²) in [6.45, 7) is 0. The molecule has 3 rings (SSSR count). The third kappa shape index (κ3) is 2.56. The average Bonchev–Trinajstić information content (AvgIpc) is 2.56. The van der Waals surface area contributed by atoms with Crippen molar-refractivity contribution in [2.75, 3.05) is 7.11 Å². The van der Waals surface area contributed by atoms with Crippen LogP contribution in [0.2, 0.25) is 0 Å². The second-order valence-corrected chi connectivity index (χ2v) is 4.71. The number of rotatable bonds is 3. The molecule has 0 fully saturated rings. The van der Waals surface area contributed by atoms with Crippen LogP contribution in [0.5, 0.6) is 11.5 Å². The Kier molecular flexibility index (Phi) is 3.62. The highest BCUT2D eigenvalue weighted by atomic mass is 16.5. The molecular weight excluding hydrogens is 280 g/mol. The summed E-state index contributed by atoms with van der Waals surface area (Å²) in [7, 11) is 1.54. The maximum Gasteiger partial charge on any atom is 0.272 e. The minimum atomic E-state index is -0.272. The van der Waals surface area contributed by atoms with E-state index in [1.54, 1.807) is 37.6 Å². The number of phenolic OH excluding ortho intramolecular Hbond substituents is 1. The van der Waals surface area contributed by atoms with Gasteiger partial charge in [-0.3, -0.25) is 4.79 Å². The first-order chi connectivity index (χ1) is 10.7. The van der Waals surface area contributed by atoms with Crippen LogP contribution in [0.15, 0.2) is 65.6 Å². The second-order valence-electron chi connectivity index (χ2n) is 4.71. The normalized spacial score (nSPS) is 10.4. The molecule has 110 valence electrons. The Labute approximate surface area is 127 Å². The zero-order valence-corrected chi connectivity index (χ0v) is 11.9. The van der Waals surface area contributed by atoms with Gasteiger partial charge >= 0.3 is 0 Å². The molecule has 5 nitrogen and oxygen atoms in total. The van der Waals surface area contributed by atoms with Crippen LogP contribution in [-0.2, 0) is 0 Å². The maximum absolute atomic E-state index is 12.3. The van der Waals surface area contributed by atoms with E-state index in [1.807, 2.05) is 18.2 Å². The van der Waals surface area contributed by atoms with E-state index < -0.39 is 0 Å². The topological polar surface area (TPSA) is 64.3 Å². The minimum Gasteiger partial charge on any atom is -0.507 e. The maximum atomic E-state index is 12.3. The summed E-state index contributed by atoms with van der Waals surface area (Å²) in [5.74, 6) is 0.666. The summed E-state index contributed by atoms with van der Waals surface area (Å²) in [4.78, 5) is 12.3. The Balaban J connectivity index is 2.08. The molecule has 0 saturated heterocycles. The SMILES string of the molecule is COc1ccc(O)c(-c2cnn(-c3ccccc3)c(=O)c2)c1. The number of aromatic hydroxyl groups is 1. The number of aromatic nitrogens is 2. The Morgan fingerprint density at radius 1 is 1.09 bits per heavy atom. The molecule has 0 aliphatic rings. The highest BCUT2D eigenvalue weighted by Gasteiger charge is 2.09. The smallest absolute Gasteiger partial charge is 0.272 e. The van der Waals surface area contributed by atoms with Gasteiger partial charge in [-0.25, -0.2) is 0 Å². The minimum absolute atomic E-state index is 0.0689. The number of nitrogens with zero attached hydrogens (tertiary/aromatic N) is 2. The van der Waals surface area contributed by atoms with Crippen molar-refractivity contribution in [3.63, 3.8) is 0 Å². The van der Waals surface area contributed by atoms with Crippen LogP contribution in [0.3, 0.4) is 0 Å². The molecule has 1 heterocycles. The van der Waals surface area contributed by atoms with E-state index in [1.165, 1.54) is 16.8 Å². The predicted molar refractivity (Wildman–Crippen MR) is 83.5 cm³/mol. The molecule has 2 aromatic carbocycles. The molecule has 5 heteroatoms. The lowest BCUT2D eigenvalue weighted by Gasteiger charge is -2.09. The van der Waals surface area contributed by atoms with Crippen molar-refractivity contribution >= 4 is 0 Å². The highest BCUT2D eigenvalue weighted by molar-refractivity contribution is 5.70. The van der Waals surface area contributed by atoms with Crippen molar-refractivity contribution in [3.05, 3.63) is 71.1 Å². The van der Waals surface area contributed by atoms with Gasteiger partial charge in [0, 0.05) is 17.2 Å². The van der Waals surface area contributed by atoms with E-state index in [9.17, 15) is 9.90 Å². The average molecular weight is 294 g/mol. The van der Waals surface area contributed by atoms with Crippen molar-refractivity contribution in [1.29, 1.82) is 0 Å². The Morgan fingerprint density at radius 2 is 1.86 bits per heavy atom. The van der Waals surface area contributed by atoms with Crippen molar-refractivity contribution in [3.8, 4) is 28.3 Å². The van der Waals surface area contributed by atoms with Gasteiger partial charge in [0.15, 0.2) is 0 Å². The Hall–Kier alpha value is -3.08. The fraction of sp³-hybridized carbons (Fsp3) is 0.0588. The van der Waals surface area contributed by atoms with Gasteiger partial charge in [-0.15, -0.1) is 0 Å². The number of para-hydroxylation sites is 1. The van der Waals surface area contributed by atoms with Gasteiger partial charge in [0.2, 0.25) is 0 Å². The van der Waals surface area contributed by atoms with Crippen LogP contribution in [0, 0.1) is 0 Å². The van der Waals surface area contributed by atoms with Crippen LogP contribution in [0.1, 0.15) is 0 Å². The van der Waals surface area contributed by atoms with E-state index in [0.29, 0.717) is 22.6 Å². The summed E-state index contributed by atoms with van der Waals surface area (Å²) in [5.41, 5.74) is 1.46. The predicted octanol–water partition coefficient (Wildman–Crippen LogP) is 2.61. The molecule has 0 aliphatic carbocycles. The zero-order chi connectivity index (χ0) is 15.5. The molecule has 22 heavy (non-hydrogen) atoms. The van der Waals surface area contributed by atoms with Crippen molar-refractivity contribution < 1.29 is 9.84 Å². The van der Waals surface area contributed by atoms with Gasteiger partial charge < -0.3 is 9.84 Å². The zero-order valence-electron chi connectivity index (χ0n) is 11.9. The Bertz CT molecular complexity index is 857. The number of methoxy groups -OCH3 is 1. The highest BCUT2D eigenvalue weighted by Crippen LogP contribution is 2.31. The van der Waals surface area contributed by atoms with Crippen LogP contribution < -0.4 is 10.3 Å². The fourth-order valence-electron chi connectivity index (χ4n) is 2.19. The molecule has 1 N–H and O–H groups in total. The first-order valence-corrected chi connectivity index (χ1v) is 6.71. The molecule has 0 bridgehead atoms. The number of hydrogen-bond acceptors (Lipinski definition) is 4. The summed E-state index contributed by atoms with van der Waals surface area (Å²) < 4.78 is 6.45. The molecule has 0 aliphatic heterocycles. The monoisotopic (exact) mass is 294 g/mol. The van der Waals surface area contributed by atoms with E-state index >= 15 is 0 Å². The van der Waals surface area contributed by atoms with E-state index in [4.69, 9.17) is 4.74 Å². The summed E-state index contributed by atoms with van der Waals surface area (Å²) in [6.07, 6.45) is 1.54. The van der Waals surface area contributed by atoms with Gasteiger partial charge in [-0.05, 0) is 30.3 Å². The molecule has 3 aromatic rings. The molecule has 0 radical (unpaired) electrons. The second kappa shape index (κ2) is 5.73. The molecule has 0 spiro atoms. The van der Waals surface area contributed by atoms with Gasteiger partial charge in [0.1, 0.15) is 11.5 Å². The van der Waals surface area contributed by atoms with Crippen LogP contribution in [0.25, 0.3) is 16.8 Å². The largest absolute Gasteiger partial charge is 0.507 e. The molecule has 1 aromatic heterocycles. The number of ether oxygens (including phenoxy) is 1. The van der Waals surface area contributed by atoms with E-state index in [0.717, 1.165) is 0 Å². The molecular formula is C17H14N2O3.